The Morgan fingerprint density at radius 1 is 1.20 bits per heavy atom. The van der Waals surface area contributed by atoms with E-state index < -0.39 is 6.04 Å². The number of nitrogens with two attached hydrogens (primary N) is 1. The van der Waals surface area contributed by atoms with Gasteiger partial charge in [-0.3, -0.25) is 14.5 Å². The van der Waals surface area contributed by atoms with E-state index >= 15 is 0 Å². The second kappa shape index (κ2) is 10.3. The highest BCUT2D eigenvalue weighted by Crippen LogP contribution is 2.09. The van der Waals surface area contributed by atoms with Crippen molar-refractivity contribution in [2.24, 2.45) is 5.73 Å². The SMILES string of the molecule is CCCC(N)C(=O)N1CCN(CC(=O)Nc2ccc(F)cc2)CC1.Cl. The summed E-state index contributed by atoms with van der Waals surface area (Å²) in [5.41, 5.74) is 6.45. The molecule has 0 saturated carbocycles. The molecule has 1 heterocycles. The number of nitrogens with zero attached hydrogens (tertiary/aromatic N) is 2. The Kier molecular flexibility index (Phi) is 8.82. The zero-order valence-electron chi connectivity index (χ0n) is 14.4. The first-order valence-electron chi connectivity index (χ1n) is 8.31. The van der Waals surface area contributed by atoms with E-state index in [1.165, 1.54) is 24.3 Å². The number of rotatable bonds is 6. The highest BCUT2D eigenvalue weighted by molar-refractivity contribution is 5.92. The van der Waals surface area contributed by atoms with Crippen LogP contribution in [0.1, 0.15) is 19.8 Å². The molecule has 140 valence electrons. The van der Waals surface area contributed by atoms with Crippen LogP contribution < -0.4 is 11.1 Å². The lowest BCUT2D eigenvalue weighted by Crippen LogP contribution is -2.54. The van der Waals surface area contributed by atoms with Crippen LogP contribution in [0.4, 0.5) is 10.1 Å². The first-order chi connectivity index (χ1) is 11.5. The van der Waals surface area contributed by atoms with E-state index in [0.717, 1.165) is 6.42 Å². The summed E-state index contributed by atoms with van der Waals surface area (Å²) in [6.07, 6.45) is 1.58. The second-order valence-electron chi connectivity index (χ2n) is 6.05. The van der Waals surface area contributed by atoms with Gasteiger partial charge in [-0.05, 0) is 30.7 Å². The van der Waals surface area contributed by atoms with E-state index in [9.17, 15) is 14.0 Å². The predicted octanol–water partition coefficient (Wildman–Crippen LogP) is 1.46. The molecule has 1 saturated heterocycles. The lowest BCUT2D eigenvalue weighted by molar-refractivity contribution is -0.134. The van der Waals surface area contributed by atoms with Crippen molar-refractivity contribution in [3.63, 3.8) is 0 Å². The number of halogens is 2. The first-order valence-corrected chi connectivity index (χ1v) is 8.31. The fourth-order valence-corrected chi connectivity index (χ4v) is 2.73. The molecule has 1 aliphatic heterocycles. The van der Waals surface area contributed by atoms with Crippen LogP contribution >= 0.6 is 12.4 Å². The van der Waals surface area contributed by atoms with Gasteiger partial charge in [0.05, 0.1) is 12.6 Å². The molecule has 3 N–H and O–H groups in total. The van der Waals surface area contributed by atoms with Crippen LogP contribution in [-0.2, 0) is 9.59 Å². The molecule has 0 radical (unpaired) electrons. The molecule has 8 heteroatoms. The summed E-state index contributed by atoms with van der Waals surface area (Å²) in [6, 6.07) is 5.24. The molecule has 1 atom stereocenters. The average Bonchev–Trinajstić information content (AvgIpc) is 2.57. The van der Waals surface area contributed by atoms with Crippen LogP contribution in [0.3, 0.4) is 0 Å². The van der Waals surface area contributed by atoms with E-state index in [1.54, 1.807) is 4.90 Å². The second-order valence-corrected chi connectivity index (χ2v) is 6.05. The highest BCUT2D eigenvalue weighted by Gasteiger charge is 2.25. The molecule has 1 fully saturated rings. The maximum atomic E-state index is 12.8. The summed E-state index contributed by atoms with van der Waals surface area (Å²) in [7, 11) is 0. The van der Waals surface area contributed by atoms with Crippen molar-refractivity contribution < 1.29 is 14.0 Å². The predicted molar refractivity (Wildman–Crippen MR) is 98.2 cm³/mol. The molecule has 0 spiro atoms. The Labute approximate surface area is 153 Å². The molecule has 6 nitrogen and oxygen atoms in total. The third-order valence-electron chi connectivity index (χ3n) is 4.10. The van der Waals surface area contributed by atoms with E-state index in [1.807, 2.05) is 11.8 Å². The van der Waals surface area contributed by atoms with E-state index in [0.29, 0.717) is 38.3 Å². The van der Waals surface area contributed by atoms with E-state index in [-0.39, 0.29) is 36.6 Å². The minimum atomic E-state index is -0.427. The average molecular weight is 373 g/mol. The number of anilines is 1. The number of hydrogen-bond acceptors (Lipinski definition) is 4. The number of hydrogen-bond donors (Lipinski definition) is 2. The van der Waals surface area contributed by atoms with Gasteiger partial charge in [-0.15, -0.1) is 12.4 Å². The summed E-state index contributed by atoms with van der Waals surface area (Å²) in [4.78, 5) is 28.0. The van der Waals surface area contributed by atoms with Gasteiger partial charge in [-0.25, -0.2) is 4.39 Å². The molecule has 1 unspecified atom stereocenters. The Balaban J connectivity index is 0.00000312. The summed E-state index contributed by atoms with van der Waals surface area (Å²) < 4.78 is 12.8. The normalized spacial score (nSPS) is 16.0. The van der Waals surface area contributed by atoms with Crippen LogP contribution in [0.5, 0.6) is 0 Å². The van der Waals surface area contributed by atoms with E-state index in [4.69, 9.17) is 5.73 Å². The molecule has 0 aromatic heterocycles. The van der Waals surface area contributed by atoms with Crippen LogP contribution in [0.15, 0.2) is 24.3 Å². The summed E-state index contributed by atoms with van der Waals surface area (Å²) >= 11 is 0. The molecular weight excluding hydrogens is 347 g/mol. The molecule has 1 aromatic carbocycles. The van der Waals surface area contributed by atoms with Crippen LogP contribution in [0.25, 0.3) is 0 Å². The Hall–Kier alpha value is -1.70. The lowest BCUT2D eigenvalue weighted by atomic mass is 10.1. The van der Waals surface area contributed by atoms with Gasteiger partial charge in [0.1, 0.15) is 5.82 Å². The largest absolute Gasteiger partial charge is 0.339 e. The molecule has 25 heavy (non-hydrogen) atoms. The van der Waals surface area contributed by atoms with Gasteiger partial charge in [-0.2, -0.15) is 0 Å². The van der Waals surface area contributed by atoms with Crippen molar-refractivity contribution in [2.75, 3.05) is 38.0 Å². The van der Waals surface area contributed by atoms with Crippen molar-refractivity contribution in [1.29, 1.82) is 0 Å². The third kappa shape index (κ3) is 6.61. The minimum Gasteiger partial charge on any atom is -0.339 e. The number of carbonyl (C=O) groups is 2. The number of amides is 2. The van der Waals surface area contributed by atoms with Crippen molar-refractivity contribution in [2.45, 2.75) is 25.8 Å². The molecule has 0 aliphatic carbocycles. The first kappa shape index (κ1) is 21.3. The smallest absolute Gasteiger partial charge is 0.239 e. The van der Waals surface area contributed by atoms with Gasteiger partial charge in [-0.1, -0.05) is 13.3 Å². The molecule has 2 amide bonds. The summed E-state index contributed by atoms with van der Waals surface area (Å²) in [5.74, 6) is -0.494. The van der Waals surface area contributed by atoms with Crippen LogP contribution in [0, 0.1) is 5.82 Å². The van der Waals surface area contributed by atoms with Gasteiger partial charge in [0.25, 0.3) is 0 Å². The zero-order valence-corrected chi connectivity index (χ0v) is 15.2. The van der Waals surface area contributed by atoms with E-state index in [2.05, 4.69) is 5.32 Å². The lowest BCUT2D eigenvalue weighted by Gasteiger charge is -2.35. The minimum absolute atomic E-state index is 0. The molecule has 1 aliphatic rings. The monoisotopic (exact) mass is 372 g/mol. The number of benzene rings is 1. The van der Waals surface area contributed by atoms with Gasteiger partial charge in [0, 0.05) is 31.9 Å². The zero-order chi connectivity index (χ0) is 17.5. The maximum absolute atomic E-state index is 12.8. The number of nitrogens with one attached hydrogen (secondary N) is 1. The Morgan fingerprint density at radius 3 is 2.36 bits per heavy atom. The number of carbonyl (C=O) groups excluding carboxylic acids is 2. The van der Waals surface area contributed by atoms with Crippen molar-refractivity contribution in [3.8, 4) is 0 Å². The summed E-state index contributed by atoms with van der Waals surface area (Å²) in [5, 5.41) is 2.74. The fraction of sp³-hybridized carbons (Fsp3) is 0.529. The Bertz CT molecular complexity index is 562. The van der Waals surface area contributed by atoms with Gasteiger partial charge in [0.15, 0.2) is 0 Å². The Morgan fingerprint density at radius 2 is 1.80 bits per heavy atom. The number of piperazine rings is 1. The molecule has 1 aromatic rings. The van der Waals surface area contributed by atoms with Gasteiger partial charge >= 0.3 is 0 Å². The van der Waals surface area contributed by atoms with Crippen molar-refractivity contribution in [1.82, 2.24) is 9.80 Å². The molecule has 0 bridgehead atoms. The standard InChI is InChI=1S/C17H25FN4O2.ClH/c1-2-3-15(19)17(24)22-10-8-21(9-11-22)12-16(23)20-14-6-4-13(18)5-7-14;/h4-7,15H,2-3,8-12,19H2,1H3,(H,20,23);1H. The third-order valence-corrected chi connectivity index (χ3v) is 4.10. The fourth-order valence-electron chi connectivity index (χ4n) is 2.73. The molecular formula is C17H26ClFN4O2. The van der Waals surface area contributed by atoms with Gasteiger partial charge in [0.2, 0.25) is 11.8 Å². The van der Waals surface area contributed by atoms with Crippen LogP contribution in [0.2, 0.25) is 0 Å². The van der Waals surface area contributed by atoms with Gasteiger partial charge < -0.3 is 16.0 Å². The quantitative estimate of drug-likeness (QED) is 0.792. The van der Waals surface area contributed by atoms with Crippen molar-refractivity contribution >= 4 is 29.9 Å². The maximum Gasteiger partial charge on any atom is 0.239 e. The molecule has 2 rings (SSSR count). The highest BCUT2D eigenvalue weighted by atomic mass is 35.5. The summed E-state index contributed by atoms with van der Waals surface area (Å²) in [6.45, 7) is 4.70. The van der Waals surface area contributed by atoms with Crippen LogP contribution in [-0.4, -0.2) is 60.4 Å². The topological polar surface area (TPSA) is 78.7 Å². The van der Waals surface area contributed by atoms with Crippen molar-refractivity contribution in [3.05, 3.63) is 30.1 Å².